The summed E-state index contributed by atoms with van der Waals surface area (Å²) in [4.78, 5) is 11.7. The summed E-state index contributed by atoms with van der Waals surface area (Å²) in [7, 11) is 0. The molecule has 0 amide bonds. The largest absolute Gasteiger partial charge is 0.457 e. The van der Waals surface area contributed by atoms with Crippen molar-refractivity contribution < 1.29 is 13.9 Å². The van der Waals surface area contributed by atoms with E-state index in [0.29, 0.717) is 17.1 Å². The van der Waals surface area contributed by atoms with Crippen molar-refractivity contribution in [3.05, 3.63) is 58.4 Å². The summed E-state index contributed by atoms with van der Waals surface area (Å²) in [5, 5.41) is 0. The Labute approximate surface area is 123 Å². The first-order valence-electron chi connectivity index (χ1n) is 7.15. The number of rotatable bonds is 3. The molecule has 2 nitrogen and oxygen atoms in total. The maximum Gasteiger partial charge on any atom is 0.163 e. The molecule has 2 aromatic rings. The van der Waals surface area contributed by atoms with Gasteiger partial charge >= 0.3 is 0 Å². The Balaban J connectivity index is 1.97. The fourth-order valence-electron chi connectivity index (χ4n) is 2.75. The van der Waals surface area contributed by atoms with Crippen molar-refractivity contribution in [1.82, 2.24) is 0 Å². The first kappa shape index (κ1) is 13.8. The molecule has 0 N–H and O–H groups in total. The number of carbonyl (C=O) groups excluding carboxylic acids is 1. The van der Waals surface area contributed by atoms with Gasteiger partial charge in [-0.15, -0.1) is 0 Å². The van der Waals surface area contributed by atoms with Gasteiger partial charge in [0.05, 0.1) is 5.56 Å². The van der Waals surface area contributed by atoms with Crippen molar-refractivity contribution in [2.45, 2.75) is 33.1 Å². The molecule has 0 heterocycles. The van der Waals surface area contributed by atoms with Crippen LogP contribution >= 0.6 is 0 Å². The van der Waals surface area contributed by atoms with Gasteiger partial charge in [-0.2, -0.15) is 0 Å². The molecule has 0 unspecified atom stereocenters. The van der Waals surface area contributed by atoms with Gasteiger partial charge in [0, 0.05) is 0 Å². The predicted octanol–water partition coefficient (Wildman–Crippen LogP) is 4.62. The molecule has 0 saturated heterocycles. The summed E-state index contributed by atoms with van der Waals surface area (Å²) in [6.45, 7) is 3.08. The van der Waals surface area contributed by atoms with Crippen molar-refractivity contribution in [2.24, 2.45) is 0 Å². The van der Waals surface area contributed by atoms with Gasteiger partial charge in [-0.25, -0.2) is 4.39 Å². The molecule has 1 aliphatic rings. The number of ether oxygens (including phenoxy) is 1. The molecule has 0 spiro atoms. The lowest BCUT2D eigenvalue weighted by Gasteiger charge is -2.12. The fourth-order valence-corrected chi connectivity index (χ4v) is 2.75. The van der Waals surface area contributed by atoms with Crippen molar-refractivity contribution in [3.8, 4) is 11.5 Å². The SMILES string of the molecule is CC(=O)c1cc(F)c(C)cc1Oc1ccc2c(c1)CCC2. The van der Waals surface area contributed by atoms with E-state index in [1.54, 1.807) is 13.0 Å². The smallest absolute Gasteiger partial charge is 0.163 e. The van der Waals surface area contributed by atoms with Gasteiger partial charge in [-0.05, 0) is 74.1 Å². The highest BCUT2D eigenvalue weighted by Crippen LogP contribution is 2.32. The molecule has 0 aromatic heterocycles. The summed E-state index contributed by atoms with van der Waals surface area (Å²) in [6.07, 6.45) is 3.35. The number of hydrogen-bond acceptors (Lipinski definition) is 2. The normalized spacial score (nSPS) is 13.1. The van der Waals surface area contributed by atoms with E-state index in [4.69, 9.17) is 4.74 Å². The van der Waals surface area contributed by atoms with E-state index >= 15 is 0 Å². The summed E-state index contributed by atoms with van der Waals surface area (Å²) in [6, 6.07) is 8.83. The Morgan fingerprint density at radius 2 is 1.90 bits per heavy atom. The molecular formula is C18H17FO2. The maximum atomic E-state index is 13.6. The van der Waals surface area contributed by atoms with Crippen LogP contribution in [0.5, 0.6) is 11.5 Å². The van der Waals surface area contributed by atoms with Crippen molar-refractivity contribution in [3.63, 3.8) is 0 Å². The topological polar surface area (TPSA) is 26.3 Å². The van der Waals surface area contributed by atoms with Gasteiger partial charge in [-0.3, -0.25) is 4.79 Å². The van der Waals surface area contributed by atoms with E-state index < -0.39 is 0 Å². The minimum Gasteiger partial charge on any atom is -0.457 e. The van der Waals surface area contributed by atoms with Crippen molar-refractivity contribution >= 4 is 5.78 Å². The molecule has 0 fully saturated rings. The second-order valence-corrected chi connectivity index (χ2v) is 5.54. The Bertz CT molecular complexity index is 719. The van der Waals surface area contributed by atoms with Gasteiger partial charge in [0.15, 0.2) is 5.78 Å². The van der Waals surface area contributed by atoms with Crippen LogP contribution < -0.4 is 4.74 Å². The third-order valence-corrected chi connectivity index (χ3v) is 3.94. The molecule has 2 aromatic carbocycles. The lowest BCUT2D eigenvalue weighted by Crippen LogP contribution is -2.00. The highest BCUT2D eigenvalue weighted by Gasteiger charge is 2.15. The summed E-state index contributed by atoms with van der Waals surface area (Å²) < 4.78 is 19.5. The quantitative estimate of drug-likeness (QED) is 0.769. The number of benzene rings is 2. The summed E-state index contributed by atoms with van der Waals surface area (Å²) in [5.41, 5.74) is 3.41. The van der Waals surface area contributed by atoms with Crippen LogP contribution in [0.1, 0.15) is 40.4 Å². The molecule has 0 bridgehead atoms. The van der Waals surface area contributed by atoms with E-state index in [-0.39, 0.29) is 17.2 Å². The minimum absolute atomic E-state index is 0.204. The third kappa shape index (κ3) is 2.68. The minimum atomic E-state index is -0.387. The van der Waals surface area contributed by atoms with Crippen LogP contribution in [0.2, 0.25) is 0 Å². The van der Waals surface area contributed by atoms with E-state index in [1.807, 2.05) is 12.1 Å². The standard InChI is InChI=1S/C18H17FO2/c1-11-8-18(16(12(2)20)10-17(11)19)21-15-7-6-13-4-3-5-14(13)9-15/h6-10H,3-5H2,1-2H3. The summed E-state index contributed by atoms with van der Waals surface area (Å²) >= 11 is 0. The van der Waals surface area contributed by atoms with Gasteiger partial charge in [0.25, 0.3) is 0 Å². The van der Waals surface area contributed by atoms with E-state index in [0.717, 1.165) is 12.8 Å². The zero-order chi connectivity index (χ0) is 15.0. The molecule has 3 heteroatoms. The van der Waals surface area contributed by atoms with Gasteiger partial charge < -0.3 is 4.74 Å². The molecule has 108 valence electrons. The van der Waals surface area contributed by atoms with Crippen LogP contribution in [0, 0.1) is 12.7 Å². The van der Waals surface area contributed by atoms with Crippen molar-refractivity contribution in [1.29, 1.82) is 0 Å². The van der Waals surface area contributed by atoms with Crippen molar-refractivity contribution in [2.75, 3.05) is 0 Å². The van der Waals surface area contributed by atoms with Gasteiger partial charge in [0.1, 0.15) is 17.3 Å². The zero-order valence-electron chi connectivity index (χ0n) is 12.2. The monoisotopic (exact) mass is 284 g/mol. The van der Waals surface area contributed by atoms with Crippen LogP contribution in [0.15, 0.2) is 30.3 Å². The van der Waals surface area contributed by atoms with Crippen LogP contribution in [0.25, 0.3) is 0 Å². The average Bonchev–Trinajstić information content (AvgIpc) is 2.89. The van der Waals surface area contributed by atoms with E-state index in [1.165, 1.54) is 30.5 Å². The Morgan fingerprint density at radius 3 is 2.67 bits per heavy atom. The second kappa shape index (κ2) is 5.32. The number of aryl methyl sites for hydroxylation is 3. The molecular weight excluding hydrogens is 267 g/mol. The molecule has 0 atom stereocenters. The summed E-state index contributed by atoms with van der Waals surface area (Å²) in [5.74, 6) is 0.523. The molecule has 1 aliphatic carbocycles. The van der Waals surface area contributed by atoms with Crippen LogP contribution in [0.3, 0.4) is 0 Å². The number of carbonyl (C=O) groups is 1. The van der Waals surface area contributed by atoms with E-state index in [9.17, 15) is 9.18 Å². The van der Waals surface area contributed by atoms with E-state index in [2.05, 4.69) is 6.07 Å². The predicted molar refractivity (Wildman–Crippen MR) is 79.7 cm³/mol. The highest BCUT2D eigenvalue weighted by molar-refractivity contribution is 5.97. The van der Waals surface area contributed by atoms with Gasteiger partial charge in [-0.1, -0.05) is 6.07 Å². The lowest BCUT2D eigenvalue weighted by atomic mass is 10.1. The first-order valence-corrected chi connectivity index (χ1v) is 7.15. The van der Waals surface area contributed by atoms with Crippen LogP contribution in [0.4, 0.5) is 4.39 Å². The molecule has 0 aliphatic heterocycles. The Morgan fingerprint density at radius 1 is 1.14 bits per heavy atom. The molecule has 0 saturated carbocycles. The maximum absolute atomic E-state index is 13.6. The number of halogens is 1. The van der Waals surface area contributed by atoms with Crippen LogP contribution in [-0.2, 0) is 12.8 Å². The number of hydrogen-bond donors (Lipinski definition) is 0. The third-order valence-electron chi connectivity index (χ3n) is 3.94. The first-order chi connectivity index (χ1) is 10.0. The number of fused-ring (bicyclic) bond motifs is 1. The van der Waals surface area contributed by atoms with Gasteiger partial charge in [0.2, 0.25) is 0 Å². The zero-order valence-corrected chi connectivity index (χ0v) is 12.2. The number of Topliss-reactive ketones (excluding diaryl/α,β-unsaturated/α-hetero) is 1. The lowest BCUT2D eigenvalue weighted by molar-refractivity contribution is 0.101. The molecule has 3 rings (SSSR count). The highest BCUT2D eigenvalue weighted by atomic mass is 19.1. The average molecular weight is 284 g/mol. The molecule has 21 heavy (non-hydrogen) atoms. The fraction of sp³-hybridized carbons (Fsp3) is 0.278. The number of ketones is 1. The Kier molecular flexibility index (Phi) is 3.50. The molecule has 0 radical (unpaired) electrons. The second-order valence-electron chi connectivity index (χ2n) is 5.54. The Hall–Kier alpha value is -2.16. The van der Waals surface area contributed by atoms with Crippen LogP contribution in [-0.4, -0.2) is 5.78 Å².